The van der Waals surface area contributed by atoms with E-state index in [1.165, 1.54) is 6.07 Å². The van der Waals surface area contributed by atoms with Gasteiger partial charge >= 0.3 is 5.97 Å². The molecule has 2 rings (SSSR count). The summed E-state index contributed by atoms with van der Waals surface area (Å²) in [5, 5.41) is 5.31. The van der Waals surface area contributed by atoms with Crippen molar-refractivity contribution in [2.75, 3.05) is 11.3 Å². The molecule has 0 spiro atoms. The normalized spacial score (nSPS) is 11.1. The van der Waals surface area contributed by atoms with E-state index in [4.69, 9.17) is 4.74 Å². The van der Waals surface area contributed by atoms with Crippen LogP contribution >= 0.6 is 0 Å². The van der Waals surface area contributed by atoms with E-state index in [1.54, 1.807) is 6.92 Å². The second-order valence-electron chi connectivity index (χ2n) is 3.81. The van der Waals surface area contributed by atoms with Gasteiger partial charge in [-0.05, 0) is 19.1 Å². The number of nitrogens with one attached hydrogen (secondary N) is 2. The second-order valence-corrected chi connectivity index (χ2v) is 5.43. The van der Waals surface area contributed by atoms with Gasteiger partial charge in [-0.15, -0.1) is 0 Å². The third kappa shape index (κ3) is 3.34. The Morgan fingerprint density at radius 2 is 2.19 bits per heavy atom. The van der Waals surface area contributed by atoms with Gasteiger partial charge in [0.25, 0.3) is 10.0 Å². The molecule has 0 aliphatic carbocycles. The number of ether oxygens (including phenoxy) is 1. The highest BCUT2D eigenvalue weighted by Gasteiger charge is 2.26. The Hall–Kier alpha value is -2.49. The molecule has 0 aromatic carbocycles. The molecule has 2 aromatic rings. The average Bonchev–Trinajstić information content (AvgIpc) is 2.92. The lowest BCUT2D eigenvalue weighted by atomic mass is 10.4. The molecule has 112 valence electrons. The van der Waals surface area contributed by atoms with E-state index in [1.807, 2.05) is 0 Å². The van der Waals surface area contributed by atoms with Crippen molar-refractivity contribution in [3.63, 3.8) is 0 Å². The van der Waals surface area contributed by atoms with Crippen molar-refractivity contribution in [3.05, 3.63) is 36.0 Å². The summed E-state index contributed by atoms with van der Waals surface area (Å²) in [5.74, 6) is -1.56. The first-order valence-electron chi connectivity index (χ1n) is 5.79. The third-order valence-corrected chi connectivity index (χ3v) is 3.70. The monoisotopic (exact) mass is 314 g/mol. The Balaban J connectivity index is 2.30. The van der Waals surface area contributed by atoms with Crippen molar-refractivity contribution >= 4 is 21.7 Å². The topological polar surface area (TPSA) is 114 Å². The van der Waals surface area contributed by atoms with Crippen LogP contribution in [0.1, 0.15) is 17.3 Å². The number of carbonyl (C=O) groups is 1. The molecule has 2 aromatic heterocycles. The number of aromatic amines is 1. The average molecular weight is 314 g/mol. The molecule has 21 heavy (non-hydrogen) atoms. The van der Waals surface area contributed by atoms with Crippen LogP contribution in [0.25, 0.3) is 0 Å². The molecule has 0 saturated carbocycles. The zero-order valence-electron chi connectivity index (χ0n) is 10.8. The molecule has 0 aliphatic rings. The standard InChI is InChI=1S/C11H11FN4O4S/c1-2-20-11(17)8-6-14-15-10(8)21(18,19)16-7-3-4-9(12)13-5-7/h3-6,16H,2H2,1H3,(H,14,15). The number of sulfonamides is 1. The maximum absolute atomic E-state index is 12.7. The number of hydrogen-bond donors (Lipinski definition) is 2. The molecule has 0 atom stereocenters. The predicted octanol–water partition coefficient (Wildman–Crippen LogP) is 0.921. The van der Waals surface area contributed by atoms with E-state index >= 15 is 0 Å². The molecule has 0 fully saturated rings. The van der Waals surface area contributed by atoms with E-state index < -0.39 is 27.0 Å². The maximum atomic E-state index is 12.7. The fraction of sp³-hybridized carbons (Fsp3) is 0.182. The first-order valence-corrected chi connectivity index (χ1v) is 7.27. The number of H-pyrrole nitrogens is 1. The molecule has 2 N–H and O–H groups in total. The summed E-state index contributed by atoms with van der Waals surface area (Å²) in [6.45, 7) is 1.69. The zero-order valence-corrected chi connectivity index (χ0v) is 11.6. The van der Waals surface area contributed by atoms with Gasteiger partial charge in [0.1, 0.15) is 5.56 Å². The summed E-state index contributed by atoms with van der Waals surface area (Å²) in [4.78, 5) is 15.0. The van der Waals surface area contributed by atoms with E-state index in [0.29, 0.717) is 0 Å². The van der Waals surface area contributed by atoms with Crippen LogP contribution in [0.4, 0.5) is 10.1 Å². The minimum atomic E-state index is -4.11. The van der Waals surface area contributed by atoms with Crippen LogP contribution in [-0.2, 0) is 14.8 Å². The van der Waals surface area contributed by atoms with Crippen LogP contribution in [-0.4, -0.2) is 36.2 Å². The van der Waals surface area contributed by atoms with E-state index in [9.17, 15) is 17.6 Å². The fourth-order valence-corrected chi connectivity index (χ4v) is 2.61. The minimum Gasteiger partial charge on any atom is -0.462 e. The molecule has 0 aliphatic heterocycles. The molecule has 2 heterocycles. The highest BCUT2D eigenvalue weighted by atomic mass is 32.2. The Labute approximate surface area is 119 Å². The van der Waals surface area contributed by atoms with Gasteiger partial charge in [-0.3, -0.25) is 9.82 Å². The first-order chi connectivity index (χ1) is 9.94. The molecule has 0 bridgehead atoms. The number of hydrogen-bond acceptors (Lipinski definition) is 6. The maximum Gasteiger partial charge on any atom is 0.342 e. The van der Waals surface area contributed by atoms with Gasteiger partial charge in [0, 0.05) is 0 Å². The van der Waals surface area contributed by atoms with Crippen LogP contribution < -0.4 is 4.72 Å². The van der Waals surface area contributed by atoms with Crippen molar-refractivity contribution in [2.24, 2.45) is 0 Å². The molecule has 0 radical (unpaired) electrons. The number of nitrogens with zero attached hydrogens (tertiary/aromatic N) is 2. The molecule has 8 nitrogen and oxygen atoms in total. The molecule has 10 heteroatoms. The highest BCUT2D eigenvalue weighted by molar-refractivity contribution is 7.92. The van der Waals surface area contributed by atoms with Crippen molar-refractivity contribution in [2.45, 2.75) is 11.9 Å². The Morgan fingerprint density at radius 1 is 1.43 bits per heavy atom. The quantitative estimate of drug-likeness (QED) is 0.626. The zero-order chi connectivity index (χ0) is 15.5. The van der Waals surface area contributed by atoms with E-state index in [0.717, 1.165) is 18.5 Å². The summed E-state index contributed by atoms with van der Waals surface area (Å²) in [7, 11) is -4.11. The molecule has 0 saturated heterocycles. The minimum absolute atomic E-state index is 0.0424. The van der Waals surface area contributed by atoms with Gasteiger partial charge in [-0.25, -0.2) is 9.78 Å². The lowest BCUT2D eigenvalue weighted by molar-refractivity contribution is 0.0522. The van der Waals surface area contributed by atoms with Gasteiger partial charge in [0.05, 0.1) is 24.7 Å². The predicted molar refractivity (Wildman–Crippen MR) is 69.5 cm³/mol. The van der Waals surface area contributed by atoms with Gasteiger partial charge in [0.2, 0.25) is 5.95 Å². The summed E-state index contributed by atoms with van der Waals surface area (Å²) in [6.07, 6.45) is 2.06. The number of carbonyl (C=O) groups excluding carboxylic acids is 1. The fourth-order valence-electron chi connectivity index (χ4n) is 1.48. The van der Waals surface area contributed by atoms with E-state index in [2.05, 4.69) is 19.9 Å². The van der Waals surface area contributed by atoms with Crippen LogP contribution in [0.3, 0.4) is 0 Å². The van der Waals surface area contributed by atoms with E-state index in [-0.39, 0.29) is 17.9 Å². The number of rotatable bonds is 5. The SMILES string of the molecule is CCOC(=O)c1cn[nH]c1S(=O)(=O)Nc1ccc(F)nc1. The highest BCUT2D eigenvalue weighted by Crippen LogP contribution is 2.17. The van der Waals surface area contributed by atoms with Gasteiger partial charge < -0.3 is 4.74 Å². The summed E-state index contributed by atoms with van der Waals surface area (Å²) < 4.78 is 43.9. The van der Waals surface area contributed by atoms with Crippen molar-refractivity contribution in [1.29, 1.82) is 0 Å². The summed E-state index contributed by atoms with van der Waals surface area (Å²) in [6, 6.07) is 2.19. The molecule has 0 unspecified atom stereocenters. The van der Waals surface area contributed by atoms with Gasteiger partial charge in [-0.2, -0.15) is 17.9 Å². The molecule has 0 amide bonds. The first kappa shape index (κ1) is 14.9. The number of esters is 1. The number of halogens is 1. The van der Waals surface area contributed by atoms with Gasteiger partial charge in [0.15, 0.2) is 5.03 Å². The molecular weight excluding hydrogens is 303 g/mol. The lowest BCUT2D eigenvalue weighted by Crippen LogP contribution is -2.17. The van der Waals surface area contributed by atoms with Crippen LogP contribution in [0.15, 0.2) is 29.6 Å². The van der Waals surface area contributed by atoms with Gasteiger partial charge in [-0.1, -0.05) is 0 Å². The lowest BCUT2D eigenvalue weighted by Gasteiger charge is -2.07. The largest absolute Gasteiger partial charge is 0.462 e. The molecular formula is C11H11FN4O4S. The van der Waals surface area contributed by atoms with Crippen LogP contribution in [0, 0.1) is 5.95 Å². The van der Waals surface area contributed by atoms with Crippen molar-refractivity contribution in [3.8, 4) is 0 Å². The number of anilines is 1. The van der Waals surface area contributed by atoms with Crippen molar-refractivity contribution in [1.82, 2.24) is 15.2 Å². The number of pyridine rings is 1. The summed E-state index contributed by atoms with van der Waals surface area (Å²) in [5.41, 5.74) is -0.180. The Kier molecular flexibility index (Phi) is 4.17. The third-order valence-electron chi connectivity index (χ3n) is 2.35. The second kappa shape index (κ2) is 5.87. The van der Waals surface area contributed by atoms with Crippen LogP contribution in [0.2, 0.25) is 0 Å². The Bertz CT molecular complexity index is 742. The van der Waals surface area contributed by atoms with Crippen molar-refractivity contribution < 1.29 is 22.3 Å². The smallest absolute Gasteiger partial charge is 0.342 e. The Morgan fingerprint density at radius 3 is 2.81 bits per heavy atom. The van der Waals surface area contributed by atoms with Crippen LogP contribution in [0.5, 0.6) is 0 Å². The summed E-state index contributed by atoms with van der Waals surface area (Å²) >= 11 is 0. The number of aromatic nitrogens is 3.